The van der Waals surface area contributed by atoms with Crippen molar-refractivity contribution in [3.8, 4) is 11.5 Å². The van der Waals surface area contributed by atoms with E-state index in [0.29, 0.717) is 0 Å². The summed E-state index contributed by atoms with van der Waals surface area (Å²) in [5, 5.41) is 0.992. The van der Waals surface area contributed by atoms with Crippen LogP contribution in [0, 0.1) is 5.41 Å². The zero-order valence-corrected chi connectivity index (χ0v) is 13.8. The number of hydrogen-bond acceptors (Lipinski definition) is 2. The molecule has 1 rings (SSSR count). The molecule has 3 heteroatoms. The number of hydrogen-bond donors (Lipinski definition) is 0. The fourth-order valence-corrected chi connectivity index (χ4v) is 3.15. The first-order chi connectivity index (χ1) is 9.19. The quantitative estimate of drug-likeness (QED) is 0.590. The monoisotopic (exact) mass is 328 g/mol. The molecule has 0 heterocycles. The lowest BCUT2D eigenvalue weighted by atomic mass is 9.82. The van der Waals surface area contributed by atoms with Crippen LogP contribution in [0.15, 0.2) is 24.3 Å². The second-order valence-electron chi connectivity index (χ2n) is 5.10. The topological polar surface area (TPSA) is 18.5 Å². The highest BCUT2D eigenvalue weighted by Crippen LogP contribution is 2.33. The van der Waals surface area contributed by atoms with Gasteiger partial charge in [0.1, 0.15) is 11.5 Å². The molecular weight excluding hydrogens is 304 g/mol. The smallest absolute Gasteiger partial charge is 0.123 e. The lowest BCUT2D eigenvalue weighted by Gasteiger charge is -2.31. The van der Waals surface area contributed by atoms with Crippen molar-refractivity contribution in [2.45, 2.75) is 39.5 Å². The molecule has 0 radical (unpaired) electrons. The third-order valence-corrected chi connectivity index (χ3v) is 4.62. The number of rotatable bonds is 9. The van der Waals surface area contributed by atoms with Gasteiger partial charge in [0.15, 0.2) is 0 Å². The van der Waals surface area contributed by atoms with Gasteiger partial charge in [0.25, 0.3) is 0 Å². The highest BCUT2D eigenvalue weighted by molar-refractivity contribution is 9.09. The molecular formula is C16H25BrO2. The number of methoxy groups -OCH3 is 1. The van der Waals surface area contributed by atoms with Gasteiger partial charge in [-0.05, 0) is 25.0 Å². The molecule has 0 N–H and O–H groups in total. The van der Waals surface area contributed by atoms with Crippen LogP contribution < -0.4 is 9.47 Å². The molecule has 1 aromatic rings. The summed E-state index contributed by atoms with van der Waals surface area (Å²) in [4.78, 5) is 0. The van der Waals surface area contributed by atoms with E-state index in [4.69, 9.17) is 9.47 Å². The summed E-state index contributed by atoms with van der Waals surface area (Å²) in [5.74, 6) is 1.73. The zero-order chi connectivity index (χ0) is 14.1. The molecule has 0 aliphatic rings. The van der Waals surface area contributed by atoms with E-state index in [-0.39, 0.29) is 5.41 Å². The van der Waals surface area contributed by atoms with Crippen molar-refractivity contribution in [1.82, 2.24) is 0 Å². The summed E-state index contributed by atoms with van der Waals surface area (Å²) in [7, 11) is 1.68. The molecule has 0 saturated heterocycles. The third-order valence-electron chi connectivity index (χ3n) is 3.43. The zero-order valence-electron chi connectivity index (χ0n) is 12.2. The molecule has 0 aromatic heterocycles. The number of alkyl halides is 1. The second-order valence-corrected chi connectivity index (χ2v) is 5.66. The van der Waals surface area contributed by atoms with Crippen molar-refractivity contribution < 1.29 is 9.47 Å². The highest BCUT2D eigenvalue weighted by Gasteiger charge is 2.28. The van der Waals surface area contributed by atoms with Gasteiger partial charge in [-0.2, -0.15) is 0 Å². The van der Waals surface area contributed by atoms with Gasteiger partial charge >= 0.3 is 0 Å². The fourth-order valence-electron chi connectivity index (χ4n) is 2.43. The molecule has 19 heavy (non-hydrogen) atoms. The third kappa shape index (κ3) is 5.06. The van der Waals surface area contributed by atoms with E-state index in [9.17, 15) is 0 Å². The normalized spacial score (nSPS) is 11.4. The molecule has 0 fully saturated rings. The van der Waals surface area contributed by atoms with Crippen molar-refractivity contribution in [2.75, 3.05) is 19.0 Å². The van der Waals surface area contributed by atoms with Crippen LogP contribution in [0.2, 0.25) is 0 Å². The summed E-state index contributed by atoms with van der Waals surface area (Å²) in [5.41, 5.74) is 0.243. The Morgan fingerprint density at radius 1 is 1.11 bits per heavy atom. The molecule has 0 bridgehead atoms. The number of benzene rings is 1. The van der Waals surface area contributed by atoms with Crippen LogP contribution in [0.3, 0.4) is 0 Å². The SMILES string of the molecule is CCCC(CBr)(CCC)COc1cccc(OC)c1. The largest absolute Gasteiger partial charge is 0.497 e. The molecule has 2 nitrogen and oxygen atoms in total. The molecule has 108 valence electrons. The first kappa shape index (κ1) is 16.4. The molecule has 0 atom stereocenters. The lowest BCUT2D eigenvalue weighted by molar-refractivity contribution is 0.144. The van der Waals surface area contributed by atoms with Crippen LogP contribution in [-0.2, 0) is 0 Å². The van der Waals surface area contributed by atoms with Crippen LogP contribution in [0.25, 0.3) is 0 Å². The first-order valence-electron chi connectivity index (χ1n) is 7.02. The summed E-state index contributed by atoms with van der Waals surface area (Å²) in [6.45, 7) is 5.23. The van der Waals surface area contributed by atoms with Crippen molar-refractivity contribution >= 4 is 15.9 Å². The van der Waals surface area contributed by atoms with Crippen molar-refractivity contribution in [3.05, 3.63) is 24.3 Å². The Hall–Kier alpha value is -0.700. The van der Waals surface area contributed by atoms with Crippen LogP contribution in [-0.4, -0.2) is 19.0 Å². The van der Waals surface area contributed by atoms with Crippen LogP contribution in [0.1, 0.15) is 39.5 Å². The maximum absolute atomic E-state index is 6.00. The van der Waals surface area contributed by atoms with E-state index in [1.54, 1.807) is 7.11 Å². The van der Waals surface area contributed by atoms with Crippen molar-refractivity contribution in [2.24, 2.45) is 5.41 Å². The summed E-state index contributed by atoms with van der Waals surface area (Å²) in [6, 6.07) is 7.82. The molecule has 0 saturated carbocycles. The summed E-state index contributed by atoms with van der Waals surface area (Å²) < 4.78 is 11.2. The molecule has 1 aromatic carbocycles. The minimum Gasteiger partial charge on any atom is -0.497 e. The van der Waals surface area contributed by atoms with Crippen LogP contribution in [0.5, 0.6) is 11.5 Å². The Morgan fingerprint density at radius 3 is 2.26 bits per heavy atom. The second kappa shape index (κ2) is 8.47. The predicted molar refractivity (Wildman–Crippen MR) is 84.5 cm³/mol. The number of halogens is 1. The van der Waals surface area contributed by atoms with E-state index in [1.165, 1.54) is 25.7 Å². The Balaban J connectivity index is 2.68. The Morgan fingerprint density at radius 2 is 1.74 bits per heavy atom. The minimum absolute atomic E-state index is 0.243. The van der Waals surface area contributed by atoms with Gasteiger partial charge in [0, 0.05) is 16.8 Å². The van der Waals surface area contributed by atoms with Gasteiger partial charge < -0.3 is 9.47 Å². The molecule has 0 unspecified atom stereocenters. The molecule has 0 aliphatic heterocycles. The van der Waals surface area contributed by atoms with Gasteiger partial charge in [0.05, 0.1) is 13.7 Å². The van der Waals surface area contributed by atoms with Gasteiger partial charge in [-0.25, -0.2) is 0 Å². The van der Waals surface area contributed by atoms with Crippen molar-refractivity contribution in [1.29, 1.82) is 0 Å². The van der Waals surface area contributed by atoms with Crippen LogP contribution >= 0.6 is 15.9 Å². The van der Waals surface area contributed by atoms with Gasteiger partial charge in [-0.1, -0.05) is 48.7 Å². The average Bonchev–Trinajstić information content (AvgIpc) is 2.45. The maximum Gasteiger partial charge on any atom is 0.123 e. The molecule has 0 aliphatic carbocycles. The molecule has 0 spiro atoms. The van der Waals surface area contributed by atoms with Crippen molar-refractivity contribution in [3.63, 3.8) is 0 Å². The minimum atomic E-state index is 0.243. The standard InChI is InChI=1S/C16H25BrO2/c1-4-9-16(12-17,10-5-2)13-19-15-8-6-7-14(11-15)18-3/h6-8,11H,4-5,9-10,12-13H2,1-3H3. The lowest BCUT2D eigenvalue weighted by Crippen LogP contribution is -2.30. The Bertz CT molecular complexity index is 360. The van der Waals surface area contributed by atoms with Gasteiger partial charge in [-0.15, -0.1) is 0 Å². The van der Waals surface area contributed by atoms with Crippen LogP contribution in [0.4, 0.5) is 0 Å². The summed E-state index contributed by atoms with van der Waals surface area (Å²) >= 11 is 3.67. The fraction of sp³-hybridized carbons (Fsp3) is 0.625. The van der Waals surface area contributed by atoms with E-state index in [1.807, 2.05) is 24.3 Å². The van der Waals surface area contributed by atoms with E-state index < -0.39 is 0 Å². The predicted octanol–water partition coefficient (Wildman–Crippen LogP) is 5.06. The average molecular weight is 329 g/mol. The molecule has 0 amide bonds. The summed E-state index contributed by atoms with van der Waals surface area (Å²) in [6.07, 6.45) is 4.76. The van der Waals surface area contributed by atoms with E-state index in [0.717, 1.165) is 23.4 Å². The Labute approximate surface area is 125 Å². The van der Waals surface area contributed by atoms with E-state index in [2.05, 4.69) is 29.8 Å². The first-order valence-corrected chi connectivity index (χ1v) is 8.14. The maximum atomic E-state index is 6.00. The highest BCUT2D eigenvalue weighted by atomic mass is 79.9. The Kier molecular flexibility index (Phi) is 7.29. The van der Waals surface area contributed by atoms with E-state index >= 15 is 0 Å². The van der Waals surface area contributed by atoms with Gasteiger partial charge in [-0.3, -0.25) is 0 Å². The number of ether oxygens (including phenoxy) is 2. The van der Waals surface area contributed by atoms with Gasteiger partial charge in [0.2, 0.25) is 0 Å².